The standard InChI is InChI=1S/C11H15BrN2O4S/c12-9-2-1-3-10(8-9)19(17,18)14-5-4-11(16)13-6-7-15/h1-3,8,14-15H,4-7H2,(H,13,16). The molecule has 0 fully saturated rings. The van der Waals surface area contributed by atoms with Gasteiger partial charge in [-0.2, -0.15) is 0 Å². The number of benzene rings is 1. The van der Waals surface area contributed by atoms with Gasteiger partial charge in [-0.25, -0.2) is 13.1 Å². The third-order valence-corrected chi connectivity index (χ3v) is 4.14. The molecule has 6 nitrogen and oxygen atoms in total. The van der Waals surface area contributed by atoms with Gasteiger partial charge in [0.15, 0.2) is 0 Å². The van der Waals surface area contributed by atoms with E-state index in [0.717, 1.165) is 0 Å². The van der Waals surface area contributed by atoms with Crippen molar-refractivity contribution >= 4 is 31.9 Å². The van der Waals surface area contributed by atoms with Crippen LogP contribution < -0.4 is 10.0 Å². The normalized spacial score (nSPS) is 11.3. The quantitative estimate of drug-likeness (QED) is 0.655. The summed E-state index contributed by atoms with van der Waals surface area (Å²) in [5.41, 5.74) is 0. The van der Waals surface area contributed by atoms with Gasteiger partial charge in [-0.3, -0.25) is 4.79 Å². The van der Waals surface area contributed by atoms with Gasteiger partial charge in [-0.05, 0) is 18.2 Å². The van der Waals surface area contributed by atoms with Crippen LogP contribution in [0.25, 0.3) is 0 Å². The molecule has 0 saturated heterocycles. The molecule has 0 aliphatic carbocycles. The molecule has 0 bridgehead atoms. The molecule has 0 atom stereocenters. The maximum atomic E-state index is 11.9. The Bertz CT molecular complexity index is 533. The van der Waals surface area contributed by atoms with E-state index in [9.17, 15) is 13.2 Å². The van der Waals surface area contributed by atoms with E-state index in [2.05, 4.69) is 26.0 Å². The highest BCUT2D eigenvalue weighted by atomic mass is 79.9. The minimum Gasteiger partial charge on any atom is -0.395 e. The molecule has 0 unspecified atom stereocenters. The molecule has 0 spiro atoms. The molecule has 0 saturated carbocycles. The molecule has 1 rings (SSSR count). The Kier molecular flexibility index (Phi) is 6.43. The molecular formula is C11H15BrN2O4S. The number of aliphatic hydroxyl groups is 1. The monoisotopic (exact) mass is 350 g/mol. The fourth-order valence-corrected chi connectivity index (χ4v) is 2.93. The number of sulfonamides is 1. The summed E-state index contributed by atoms with van der Waals surface area (Å²) in [7, 11) is -3.61. The highest BCUT2D eigenvalue weighted by Crippen LogP contribution is 2.15. The minimum absolute atomic E-state index is 0.00606. The molecule has 0 aliphatic rings. The molecule has 19 heavy (non-hydrogen) atoms. The van der Waals surface area contributed by atoms with Crippen LogP contribution in [0.3, 0.4) is 0 Å². The zero-order valence-corrected chi connectivity index (χ0v) is 12.5. The predicted octanol–water partition coefficient (Wildman–Crippen LogP) is 0.226. The van der Waals surface area contributed by atoms with E-state index < -0.39 is 10.0 Å². The van der Waals surface area contributed by atoms with Crippen LogP contribution in [-0.2, 0) is 14.8 Å². The summed E-state index contributed by atoms with van der Waals surface area (Å²) in [4.78, 5) is 11.4. The van der Waals surface area contributed by atoms with Crippen molar-refractivity contribution < 1.29 is 18.3 Å². The third-order valence-electron chi connectivity index (χ3n) is 2.18. The summed E-state index contributed by atoms with van der Waals surface area (Å²) in [6.07, 6.45) is 0.0211. The molecule has 1 aromatic carbocycles. The van der Waals surface area contributed by atoms with Gasteiger partial charge in [-0.1, -0.05) is 22.0 Å². The number of aliphatic hydroxyl groups excluding tert-OH is 1. The highest BCUT2D eigenvalue weighted by Gasteiger charge is 2.14. The van der Waals surface area contributed by atoms with Crippen LogP contribution >= 0.6 is 15.9 Å². The van der Waals surface area contributed by atoms with Gasteiger partial charge >= 0.3 is 0 Å². The van der Waals surface area contributed by atoms with E-state index in [1.807, 2.05) is 0 Å². The summed E-state index contributed by atoms with van der Waals surface area (Å²) in [5.74, 6) is -0.314. The smallest absolute Gasteiger partial charge is 0.240 e. The lowest BCUT2D eigenvalue weighted by Gasteiger charge is -2.07. The Hall–Kier alpha value is -0.960. The number of carbonyl (C=O) groups is 1. The number of carbonyl (C=O) groups excluding carboxylic acids is 1. The topological polar surface area (TPSA) is 95.5 Å². The average Bonchev–Trinajstić information content (AvgIpc) is 2.36. The van der Waals surface area contributed by atoms with Crippen LogP contribution in [0.5, 0.6) is 0 Å². The molecule has 0 heterocycles. The first kappa shape index (κ1) is 16.1. The van der Waals surface area contributed by atoms with Gasteiger partial charge in [0.2, 0.25) is 15.9 Å². The van der Waals surface area contributed by atoms with Gasteiger partial charge in [0.25, 0.3) is 0 Å². The van der Waals surface area contributed by atoms with Crippen LogP contribution in [0.15, 0.2) is 33.6 Å². The third kappa shape index (κ3) is 5.68. The zero-order valence-electron chi connectivity index (χ0n) is 10.1. The van der Waals surface area contributed by atoms with Gasteiger partial charge in [0.05, 0.1) is 11.5 Å². The van der Waals surface area contributed by atoms with Crippen molar-refractivity contribution in [3.8, 4) is 0 Å². The maximum Gasteiger partial charge on any atom is 0.240 e. The number of amides is 1. The van der Waals surface area contributed by atoms with E-state index in [0.29, 0.717) is 4.47 Å². The number of hydrogen-bond donors (Lipinski definition) is 3. The van der Waals surface area contributed by atoms with Gasteiger partial charge in [-0.15, -0.1) is 0 Å². The number of hydrogen-bond acceptors (Lipinski definition) is 4. The van der Waals surface area contributed by atoms with Crippen molar-refractivity contribution in [2.75, 3.05) is 19.7 Å². The van der Waals surface area contributed by atoms with E-state index in [-0.39, 0.29) is 36.9 Å². The summed E-state index contributed by atoms with van der Waals surface area (Å²) in [6.45, 7) is 0.0266. The second-order valence-electron chi connectivity index (χ2n) is 3.68. The lowest BCUT2D eigenvalue weighted by Crippen LogP contribution is -2.32. The van der Waals surface area contributed by atoms with Crippen molar-refractivity contribution in [1.82, 2.24) is 10.0 Å². The van der Waals surface area contributed by atoms with E-state index in [1.54, 1.807) is 12.1 Å². The second-order valence-corrected chi connectivity index (χ2v) is 6.36. The first-order valence-electron chi connectivity index (χ1n) is 5.58. The Labute approximate surface area is 120 Å². The van der Waals surface area contributed by atoms with E-state index >= 15 is 0 Å². The molecule has 3 N–H and O–H groups in total. The summed E-state index contributed by atoms with van der Waals surface area (Å²) in [5, 5.41) is 11.0. The van der Waals surface area contributed by atoms with Crippen molar-refractivity contribution in [3.05, 3.63) is 28.7 Å². The molecule has 106 valence electrons. The van der Waals surface area contributed by atoms with Crippen LogP contribution in [0.2, 0.25) is 0 Å². The van der Waals surface area contributed by atoms with Crippen molar-refractivity contribution in [2.24, 2.45) is 0 Å². The van der Waals surface area contributed by atoms with Gasteiger partial charge in [0, 0.05) is 24.0 Å². The summed E-state index contributed by atoms with van der Waals surface area (Å²) < 4.78 is 26.8. The first-order chi connectivity index (χ1) is 8.95. The Morgan fingerprint density at radius 2 is 2.05 bits per heavy atom. The van der Waals surface area contributed by atoms with Crippen molar-refractivity contribution in [2.45, 2.75) is 11.3 Å². The Morgan fingerprint density at radius 1 is 1.32 bits per heavy atom. The lowest BCUT2D eigenvalue weighted by atomic mass is 10.4. The second kappa shape index (κ2) is 7.59. The number of rotatable bonds is 7. The van der Waals surface area contributed by atoms with Gasteiger partial charge < -0.3 is 10.4 Å². The minimum atomic E-state index is -3.61. The molecule has 1 aromatic rings. The molecule has 8 heteroatoms. The molecule has 0 aliphatic heterocycles. The largest absolute Gasteiger partial charge is 0.395 e. The first-order valence-corrected chi connectivity index (χ1v) is 7.86. The number of halogens is 1. The fraction of sp³-hybridized carbons (Fsp3) is 0.364. The fourth-order valence-electron chi connectivity index (χ4n) is 1.30. The predicted molar refractivity (Wildman–Crippen MR) is 74.0 cm³/mol. The van der Waals surface area contributed by atoms with E-state index in [1.165, 1.54) is 12.1 Å². The Balaban J connectivity index is 2.50. The lowest BCUT2D eigenvalue weighted by molar-refractivity contribution is -0.121. The molecular weight excluding hydrogens is 336 g/mol. The average molecular weight is 351 g/mol. The summed E-state index contributed by atoms with van der Waals surface area (Å²) in [6, 6.07) is 6.29. The van der Waals surface area contributed by atoms with Crippen molar-refractivity contribution in [3.63, 3.8) is 0 Å². The van der Waals surface area contributed by atoms with Gasteiger partial charge in [0.1, 0.15) is 0 Å². The van der Waals surface area contributed by atoms with Crippen LogP contribution in [0.1, 0.15) is 6.42 Å². The maximum absolute atomic E-state index is 11.9. The SMILES string of the molecule is O=C(CCNS(=O)(=O)c1cccc(Br)c1)NCCO. The summed E-state index contributed by atoms with van der Waals surface area (Å²) >= 11 is 3.19. The van der Waals surface area contributed by atoms with Crippen LogP contribution in [0.4, 0.5) is 0 Å². The number of nitrogens with one attached hydrogen (secondary N) is 2. The van der Waals surface area contributed by atoms with Crippen LogP contribution in [-0.4, -0.2) is 39.1 Å². The van der Waals surface area contributed by atoms with Crippen molar-refractivity contribution in [1.29, 1.82) is 0 Å². The highest BCUT2D eigenvalue weighted by molar-refractivity contribution is 9.10. The van der Waals surface area contributed by atoms with E-state index in [4.69, 9.17) is 5.11 Å². The zero-order chi connectivity index (χ0) is 14.3. The van der Waals surface area contributed by atoms with Crippen LogP contribution in [0, 0.1) is 0 Å². The molecule has 1 amide bonds. The molecule has 0 aromatic heterocycles. The Morgan fingerprint density at radius 3 is 2.68 bits per heavy atom. The molecule has 0 radical (unpaired) electrons.